The van der Waals surface area contributed by atoms with Crippen molar-refractivity contribution < 1.29 is 9.59 Å². The third-order valence-electron chi connectivity index (χ3n) is 1.89. The highest BCUT2D eigenvalue weighted by Gasteiger charge is 2.08. The molecule has 0 fully saturated rings. The van der Waals surface area contributed by atoms with Gasteiger partial charge >= 0.3 is 0 Å². The second kappa shape index (κ2) is 6.06. The van der Waals surface area contributed by atoms with Crippen LogP contribution in [-0.4, -0.2) is 23.3 Å². The van der Waals surface area contributed by atoms with Crippen LogP contribution in [0.25, 0.3) is 0 Å². The normalized spacial score (nSPS) is 10.0. The lowest BCUT2D eigenvalue weighted by Crippen LogP contribution is -2.25. The second-order valence-electron chi connectivity index (χ2n) is 3.25. The van der Waals surface area contributed by atoms with Crippen molar-refractivity contribution in [2.45, 2.75) is 19.3 Å². The highest BCUT2D eigenvalue weighted by atomic mass is 32.1. The van der Waals surface area contributed by atoms with Crippen LogP contribution in [0, 0.1) is 0 Å². The summed E-state index contributed by atoms with van der Waals surface area (Å²) in [5.74, 6) is -0.564. The quantitative estimate of drug-likeness (QED) is 0.615. The lowest BCUT2D eigenvalue weighted by atomic mass is 10.2. The number of nitrogens with two attached hydrogens (primary N) is 2. The largest absolute Gasteiger partial charge is 0.375 e. The van der Waals surface area contributed by atoms with Crippen LogP contribution < -0.4 is 16.8 Å². The standard InChI is InChI=1S/C9H14N4O2S/c10-7(14)3-1-2-4-12-8(15)6-5-16-9(11)13-6/h5H,1-4H2,(H2,10,14)(H2,11,13)(H,12,15). The van der Waals surface area contributed by atoms with Crippen LogP contribution in [0.5, 0.6) is 0 Å². The van der Waals surface area contributed by atoms with Gasteiger partial charge in [0.25, 0.3) is 5.91 Å². The zero-order chi connectivity index (χ0) is 12.0. The van der Waals surface area contributed by atoms with Gasteiger partial charge in [0.15, 0.2) is 5.13 Å². The Morgan fingerprint density at radius 3 is 2.75 bits per heavy atom. The number of nitrogen functional groups attached to an aromatic ring is 1. The maximum atomic E-state index is 11.4. The van der Waals surface area contributed by atoms with Gasteiger partial charge in [-0.1, -0.05) is 0 Å². The number of nitrogens with one attached hydrogen (secondary N) is 1. The fraction of sp³-hybridized carbons (Fsp3) is 0.444. The fourth-order valence-corrected chi connectivity index (χ4v) is 1.65. The molecule has 0 aliphatic rings. The third kappa shape index (κ3) is 4.26. The topological polar surface area (TPSA) is 111 Å². The Morgan fingerprint density at radius 2 is 2.19 bits per heavy atom. The minimum absolute atomic E-state index is 0.243. The zero-order valence-corrected chi connectivity index (χ0v) is 9.55. The number of unbranched alkanes of at least 4 members (excludes halogenated alkanes) is 1. The molecule has 0 saturated heterocycles. The first-order chi connectivity index (χ1) is 7.59. The summed E-state index contributed by atoms with van der Waals surface area (Å²) in [6.07, 6.45) is 1.74. The van der Waals surface area contributed by atoms with Crippen molar-refractivity contribution >= 4 is 28.3 Å². The molecule has 1 aromatic heterocycles. The summed E-state index contributed by atoms with van der Waals surface area (Å²) in [5.41, 5.74) is 10.7. The summed E-state index contributed by atoms with van der Waals surface area (Å²) in [4.78, 5) is 25.7. The summed E-state index contributed by atoms with van der Waals surface area (Å²) in [6, 6.07) is 0. The van der Waals surface area contributed by atoms with Gasteiger partial charge in [-0.15, -0.1) is 11.3 Å². The van der Waals surface area contributed by atoms with E-state index in [2.05, 4.69) is 10.3 Å². The fourth-order valence-electron chi connectivity index (χ4n) is 1.11. The van der Waals surface area contributed by atoms with Gasteiger partial charge in [0, 0.05) is 18.3 Å². The molecule has 0 bridgehead atoms. The van der Waals surface area contributed by atoms with Crippen molar-refractivity contribution in [3.05, 3.63) is 11.1 Å². The van der Waals surface area contributed by atoms with Crippen molar-refractivity contribution in [3.8, 4) is 0 Å². The second-order valence-corrected chi connectivity index (χ2v) is 4.14. The molecule has 88 valence electrons. The molecule has 0 unspecified atom stereocenters. The molecule has 16 heavy (non-hydrogen) atoms. The Kier molecular flexibility index (Phi) is 4.71. The van der Waals surface area contributed by atoms with E-state index in [1.54, 1.807) is 5.38 Å². The molecule has 0 atom stereocenters. The van der Waals surface area contributed by atoms with Crippen molar-refractivity contribution in [3.63, 3.8) is 0 Å². The summed E-state index contributed by atoms with van der Waals surface area (Å²) < 4.78 is 0. The van der Waals surface area contributed by atoms with E-state index >= 15 is 0 Å². The van der Waals surface area contributed by atoms with Gasteiger partial charge in [0.2, 0.25) is 5.91 Å². The van der Waals surface area contributed by atoms with E-state index in [4.69, 9.17) is 11.5 Å². The first kappa shape index (κ1) is 12.4. The van der Waals surface area contributed by atoms with Crippen LogP contribution in [0.15, 0.2) is 5.38 Å². The minimum atomic E-state index is -0.321. The smallest absolute Gasteiger partial charge is 0.270 e. The number of thiazole rings is 1. The average Bonchev–Trinajstić information content (AvgIpc) is 2.63. The number of rotatable bonds is 6. The van der Waals surface area contributed by atoms with E-state index in [1.807, 2.05) is 0 Å². The SMILES string of the molecule is NC(=O)CCCCNC(=O)c1csc(N)n1. The maximum Gasteiger partial charge on any atom is 0.270 e. The van der Waals surface area contributed by atoms with E-state index in [9.17, 15) is 9.59 Å². The number of amides is 2. The highest BCUT2D eigenvalue weighted by molar-refractivity contribution is 7.13. The predicted molar refractivity (Wildman–Crippen MR) is 61.9 cm³/mol. The van der Waals surface area contributed by atoms with E-state index in [-0.39, 0.29) is 11.8 Å². The van der Waals surface area contributed by atoms with E-state index in [0.29, 0.717) is 36.6 Å². The zero-order valence-electron chi connectivity index (χ0n) is 8.73. The van der Waals surface area contributed by atoms with Crippen LogP contribution in [0.2, 0.25) is 0 Å². The van der Waals surface area contributed by atoms with Crippen LogP contribution in [0.1, 0.15) is 29.8 Å². The molecular weight excluding hydrogens is 228 g/mol. The maximum absolute atomic E-state index is 11.4. The molecule has 1 rings (SSSR count). The Morgan fingerprint density at radius 1 is 1.44 bits per heavy atom. The molecule has 5 N–H and O–H groups in total. The number of hydrogen-bond donors (Lipinski definition) is 3. The Hall–Kier alpha value is -1.63. The van der Waals surface area contributed by atoms with Crippen molar-refractivity contribution in [1.29, 1.82) is 0 Å². The molecule has 1 heterocycles. The summed E-state index contributed by atoms with van der Waals surface area (Å²) in [6.45, 7) is 0.504. The Balaban J connectivity index is 2.18. The van der Waals surface area contributed by atoms with Crippen LogP contribution in [0.3, 0.4) is 0 Å². The molecule has 2 amide bonds. The number of aromatic nitrogens is 1. The lowest BCUT2D eigenvalue weighted by Gasteiger charge is -2.01. The minimum Gasteiger partial charge on any atom is -0.375 e. The number of anilines is 1. The molecule has 1 aromatic rings. The van der Waals surface area contributed by atoms with Crippen LogP contribution in [0.4, 0.5) is 5.13 Å². The van der Waals surface area contributed by atoms with Crippen LogP contribution in [-0.2, 0) is 4.79 Å². The number of carbonyl (C=O) groups excluding carboxylic acids is 2. The van der Waals surface area contributed by atoms with E-state index < -0.39 is 0 Å². The highest BCUT2D eigenvalue weighted by Crippen LogP contribution is 2.10. The first-order valence-electron chi connectivity index (χ1n) is 4.87. The molecule has 7 heteroatoms. The molecule has 0 radical (unpaired) electrons. The molecule has 0 aromatic carbocycles. The number of nitrogens with zero attached hydrogens (tertiary/aromatic N) is 1. The van der Waals surface area contributed by atoms with Gasteiger partial charge < -0.3 is 16.8 Å². The first-order valence-corrected chi connectivity index (χ1v) is 5.75. The summed E-state index contributed by atoms with van der Waals surface area (Å²) >= 11 is 1.23. The van der Waals surface area contributed by atoms with E-state index in [1.165, 1.54) is 11.3 Å². The Bertz CT molecular complexity index is 377. The van der Waals surface area contributed by atoms with E-state index in [0.717, 1.165) is 0 Å². The monoisotopic (exact) mass is 242 g/mol. The van der Waals surface area contributed by atoms with Gasteiger partial charge in [-0.2, -0.15) is 0 Å². The van der Waals surface area contributed by atoms with Gasteiger partial charge in [-0.25, -0.2) is 4.98 Å². The number of carbonyl (C=O) groups is 2. The number of primary amides is 1. The van der Waals surface area contributed by atoms with Crippen molar-refractivity contribution in [1.82, 2.24) is 10.3 Å². The van der Waals surface area contributed by atoms with Crippen molar-refractivity contribution in [2.24, 2.45) is 5.73 Å². The Labute approximate surface area is 97.0 Å². The van der Waals surface area contributed by atoms with Gasteiger partial charge in [0.1, 0.15) is 5.69 Å². The van der Waals surface area contributed by atoms with Crippen LogP contribution >= 0.6 is 11.3 Å². The molecule has 0 spiro atoms. The molecule has 6 nitrogen and oxygen atoms in total. The van der Waals surface area contributed by atoms with Gasteiger partial charge in [0.05, 0.1) is 0 Å². The molecule has 0 aliphatic carbocycles. The average molecular weight is 242 g/mol. The molecule has 0 aliphatic heterocycles. The lowest BCUT2D eigenvalue weighted by molar-refractivity contribution is -0.118. The van der Waals surface area contributed by atoms with Gasteiger partial charge in [-0.05, 0) is 12.8 Å². The summed E-state index contributed by atoms with van der Waals surface area (Å²) in [7, 11) is 0. The number of hydrogen-bond acceptors (Lipinski definition) is 5. The molecular formula is C9H14N4O2S. The van der Waals surface area contributed by atoms with Gasteiger partial charge in [-0.3, -0.25) is 9.59 Å². The third-order valence-corrected chi connectivity index (χ3v) is 2.56. The predicted octanol–water partition coefficient (Wildman–Crippen LogP) is 0.111. The summed E-state index contributed by atoms with van der Waals surface area (Å²) in [5, 5.41) is 4.66. The molecule has 0 saturated carbocycles. The van der Waals surface area contributed by atoms with Crippen molar-refractivity contribution in [2.75, 3.05) is 12.3 Å².